The Morgan fingerprint density at radius 3 is 3.10 bits per heavy atom. The number of hydrogen-bond acceptors (Lipinski definition) is 3. The highest BCUT2D eigenvalue weighted by Gasteiger charge is 2.19. The van der Waals surface area contributed by atoms with Crippen LogP contribution >= 0.6 is 0 Å². The fraction of sp³-hybridized carbons (Fsp3) is 0.571. The van der Waals surface area contributed by atoms with E-state index in [1.807, 2.05) is 6.08 Å². The minimum Gasteiger partial charge on any atom is -0.501 e. The molecule has 0 aromatic rings. The van der Waals surface area contributed by atoms with Crippen molar-refractivity contribution in [3.05, 3.63) is 12.3 Å². The number of allylic oxidation sites excluding steroid dienone is 1. The van der Waals surface area contributed by atoms with Crippen molar-refractivity contribution < 1.29 is 14.3 Å². The molecular weight excluding hydrogens is 132 g/mol. The van der Waals surface area contributed by atoms with Crippen LogP contribution in [-0.4, -0.2) is 19.7 Å². The van der Waals surface area contributed by atoms with Gasteiger partial charge in [-0.25, -0.2) is 0 Å². The number of carbonyl (C=O) groups is 1. The summed E-state index contributed by atoms with van der Waals surface area (Å²) in [5.41, 5.74) is 0. The first-order chi connectivity index (χ1) is 4.84. The van der Waals surface area contributed by atoms with E-state index >= 15 is 0 Å². The second-order valence-corrected chi connectivity index (χ2v) is 2.16. The third-order valence-electron chi connectivity index (χ3n) is 1.44. The maximum Gasteiger partial charge on any atom is 0.312 e. The number of methoxy groups -OCH3 is 1. The Balaban J connectivity index is 2.41. The number of carbonyl (C=O) groups excluding carboxylic acids is 1. The van der Waals surface area contributed by atoms with Crippen LogP contribution in [0.4, 0.5) is 0 Å². The minimum atomic E-state index is -0.190. The molecule has 1 aliphatic heterocycles. The monoisotopic (exact) mass is 142 g/mol. The van der Waals surface area contributed by atoms with Crippen LogP contribution in [0.25, 0.3) is 0 Å². The molecule has 0 bridgehead atoms. The van der Waals surface area contributed by atoms with Crippen molar-refractivity contribution in [2.24, 2.45) is 5.92 Å². The van der Waals surface area contributed by atoms with Gasteiger partial charge in [-0.3, -0.25) is 4.79 Å². The Kier molecular flexibility index (Phi) is 2.31. The summed E-state index contributed by atoms with van der Waals surface area (Å²) in [7, 11) is 1.39. The summed E-state index contributed by atoms with van der Waals surface area (Å²) in [4.78, 5) is 10.8. The quantitative estimate of drug-likeness (QED) is 0.506. The molecule has 0 amide bonds. The first-order valence-electron chi connectivity index (χ1n) is 3.19. The van der Waals surface area contributed by atoms with E-state index in [9.17, 15) is 4.79 Å². The number of hydrogen-bond donors (Lipinski definition) is 0. The Hall–Kier alpha value is -0.990. The van der Waals surface area contributed by atoms with Crippen LogP contribution in [-0.2, 0) is 14.3 Å². The van der Waals surface area contributed by atoms with Crippen LogP contribution in [0.5, 0.6) is 0 Å². The molecule has 1 aliphatic rings. The highest BCUT2D eigenvalue weighted by atomic mass is 16.5. The van der Waals surface area contributed by atoms with E-state index in [0.717, 1.165) is 6.42 Å². The highest BCUT2D eigenvalue weighted by molar-refractivity contribution is 5.72. The first kappa shape index (κ1) is 7.12. The van der Waals surface area contributed by atoms with Gasteiger partial charge in [-0.05, 0) is 12.5 Å². The Labute approximate surface area is 59.6 Å². The molecule has 1 rings (SSSR count). The smallest absolute Gasteiger partial charge is 0.312 e. The molecule has 0 fully saturated rings. The molecule has 3 heteroatoms. The summed E-state index contributed by atoms with van der Waals surface area (Å²) in [6, 6.07) is 0. The molecule has 0 N–H and O–H groups in total. The zero-order chi connectivity index (χ0) is 7.40. The van der Waals surface area contributed by atoms with Gasteiger partial charge < -0.3 is 9.47 Å². The zero-order valence-electron chi connectivity index (χ0n) is 5.87. The molecule has 1 heterocycles. The van der Waals surface area contributed by atoms with Gasteiger partial charge in [-0.1, -0.05) is 0 Å². The number of rotatable bonds is 1. The van der Waals surface area contributed by atoms with E-state index in [1.54, 1.807) is 6.26 Å². The predicted molar refractivity (Wildman–Crippen MR) is 35.2 cm³/mol. The first-order valence-corrected chi connectivity index (χ1v) is 3.19. The number of esters is 1. The van der Waals surface area contributed by atoms with Gasteiger partial charge in [-0.15, -0.1) is 0 Å². The van der Waals surface area contributed by atoms with E-state index in [1.165, 1.54) is 7.11 Å². The molecule has 0 aromatic heterocycles. The van der Waals surface area contributed by atoms with Crippen LogP contribution < -0.4 is 0 Å². The molecule has 0 saturated carbocycles. The maximum absolute atomic E-state index is 10.8. The van der Waals surface area contributed by atoms with Crippen molar-refractivity contribution in [1.29, 1.82) is 0 Å². The molecule has 0 spiro atoms. The lowest BCUT2D eigenvalue weighted by molar-refractivity contribution is -0.147. The largest absolute Gasteiger partial charge is 0.501 e. The van der Waals surface area contributed by atoms with Crippen molar-refractivity contribution in [2.45, 2.75) is 6.42 Å². The van der Waals surface area contributed by atoms with E-state index in [4.69, 9.17) is 4.74 Å². The van der Waals surface area contributed by atoms with Crippen LogP contribution in [0.1, 0.15) is 6.42 Å². The van der Waals surface area contributed by atoms with Gasteiger partial charge in [0.2, 0.25) is 0 Å². The summed E-state index contributed by atoms with van der Waals surface area (Å²) in [5.74, 6) is -0.292. The van der Waals surface area contributed by atoms with Crippen molar-refractivity contribution >= 4 is 5.97 Å². The fourth-order valence-corrected chi connectivity index (χ4v) is 0.859. The molecule has 3 nitrogen and oxygen atoms in total. The van der Waals surface area contributed by atoms with Gasteiger partial charge in [0.1, 0.15) is 6.61 Å². The van der Waals surface area contributed by atoms with Gasteiger partial charge in [0.05, 0.1) is 19.3 Å². The summed E-state index contributed by atoms with van der Waals surface area (Å²) in [6.45, 7) is 0.448. The predicted octanol–water partition coefficient (Wildman–Crippen LogP) is 0.710. The average molecular weight is 142 g/mol. The van der Waals surface area contributed by atoms with Crippen molar-refractivity contribution in [2.75, 3.05) is 13.7 Å². The Morgan fingerprint density at radius 2 is 2.60 bits per heavy atom. The zero-order valence-corrected chi connectivity index (χ0v) is 5.87. The van der Waals surface area contributed by atoms with Gasteiger partial charge in [0.15, 0.2) is 0 Å². The third-order valence-corrected chi connectivity index (χ3v) is 1.44. The third kappa shape index (κ3) is 1.50. The standard InChI is InChI=1S/C7H10O3/c1-9-7(8)6-3-2-4-10-5-6/h2,4,6H,3,5H2,1H3. The lowest BCUT2D eigenvalue weighted by Gasteiger charge is -2.15. The molecular formula is C7H10O3. The Morgan fingerprint density at radius 1 is 1.80 bits per heavy atom. The van der Waals surface area contributed by atoms with E-state index in [2.05, 4.69) is 4.74 Å². The fourth-order valence-electron chi connectivity index (χ4n) is 0.859. The number of ether oxygens (including phenoxy) is 2. The van der Waals surface area contributed by atoms with Crippen LogP contribution in [0, 0.1) is 5.92 Å². The van der Waals surface area contributed by atoms with Crippen molar-refractivity contribution in [1.82, 2.24) is 0 Å². The maximum atomic E-state index is 10.8. The van der Waals surface area contributed by atoms with Crippen LogP contribution in [0.15, 0.2) is 12.3 Å². The van der Waals surface area contributed by atoms with Gasteiger partial charge in [0, 0.05) is 0 Å². The molecule has 0 radical (unpaired) electrons. The second-order valence-electron chi connectivity index (χ2n) is 2.16. The average Bonchev–Trinajstić information content (AvgIpc) is 2.05. The normalized spacial score (nSPS) is 23.5. The molecule has 1 atom stereocenters. The van der Waals surface area contributed by atoms with Crippen molar-refractivity contribution in [3.8, 4) is 0 Å². The lowest BCUT2D eigenvalue weighted by Crippen LogP contribution is -2.22. The van der Waals surface area contributed by atoms with Crippen LogP contribution in [0.2, 0.25) is 0 Å². The van der Waals surface area contributed by atoms with E-state index in [-0.39, 0.29) is 11.9 Å². The molecule has 0 aliphatic carbocycles. The second kappa shape index (κ2) is 3.25. The summed E-state index contributed by atoms with van der Waals surface area (Å²) >= 11 is 0. The summed E-state index contributed by atoms with van der Waals surface area (Å²) in [5, 5.41) is 0. The van der Waals surface area contributed by atoms with Gasteiger partial charge in [0.25, 0.3) is 0 Å². The van der Waals surface area contributed by atoms with Gasteiger partial charge >= 0.3 is 5.97 Å². The molecule has 0 saturated heterocycles. The van der Waals surface area contributed by atoms with E-state index < -0.39 is 0 Å². The topological polar surface area (TPSA) is 35.5 Å². The molecule has 10 heavy (non-hydrogen) atoms. The summed E-state index contributed by atoms with van der Waals surface area (Å²) < 4.78 is 9.46. The lowest BCUT2D eigenvalue weighted by atomic mass is 10.1. The molecule has 56 valence electrons. The van der Waals surface area contributed by atoms with E-state index in [0.29, 0.717) is 6.61 Å². The van der Waals surface area contributed by atoms with Crippen molar-refractivity contribution in [3.63, 3.8) is 0 Å². The SMILES string of the molecule is COC(=O)C1CC=COC1. The summed E-state index contributed by atoms with van der Waals surface area (Å²) in [6.07, 6.45) is 4.16. The minimum absolute atomic E-state index is 0.102. The van der Waals surface area contributed by atoms with Crippen LogP contribution in [0.3, 0.4) is 0 Å². The highest BCUT2D eigenvalue weighted by Crippen LogP contribution is 2.11. The van der Waals surface area contributed by atoms with Gasteiger partial charge in [-0.2, -0.15) is 0 Å². The molecule has 0 aromatic carbocycles. The Bertz CT molecular complexity index is 151. The molecule has 1 unspecified atom stereocenters.